The van der Waals surface area contributed by atoms with Gasteiger partial charge >= 0.3 is 0 Å². The standard InChI is InChI=1S/C9H7FN2O/c1-12-8(13)3-2-6-7(10)4-5-11-9(6)12/h2-5H,1H3. The quantitative estimate of drug-likeness (QED) is 0.604. The van der Waals surface area contributed by atoms with Gasteiger partial charge in [-0.1, -0.05) is 0 Å². The maximum absolute atomic E-state index is 13.1. The van der Waals surface area contributed by atoms with Gasteiger partial charge in [0.15, 0.2) is 0 Å². The Hall–Kier alpha value is -1.71. The van der Waals surface area contributed by atoms with E-state index in [0.29, 0.717) is 11.0 Å². The second kappa shape index (κ2) is 2.65. The third kappa shape index (κ3) is 1.11. The van der Waals surface area contributed by atoms with Crippen molar-refractivity contribution in [2.24, 2.45) is 7.05 Å². The maximum Gasteiger partial charge on any atom is 0.251 e. The largest absolute Gasteiger partial charge is 0.296 e. The van der Waals surface area contributed by atoms with E-state index < -0.39 is 0 Å². The van der Waals surface area contributed by atoms with E-state index in [9.17, 15) is 9.18 Å². The van der Waals surface area contributed by atoms with Crippen molar-refractivity contribution >= 4 is 11.0 Å². The summed E-state index contributed by atoms with van der Waals surface area (Å²) in [7, 11) is 1.57. The molecular weight excluding hydrogens is 171 g/mol. The van der Waals surface area contributed by atoms with Crippen LogP contribution < -0.4 is 5.56 Å². The van der Waals surface area contributed by atoms with Crippen LogP contribution in [-0.2, 0) is 7.05 Å². The molecule has 0 aliphatic heterocycles. The summed E-state index contributed by atoms with van der Waals surface area (Å²) >= 11 is 0. The van der Waals surface area contributed by atoms with Crippen LogP contribution in [0, 0.1) is 5.82 Å². The summed E-state index contributed by atoms with van der Waals surface area (Å²) in [6, 6.07) is 4.04. The van der Waals surface area contributed by atoms with Crippen LogP contribution in [-0.4, -0.2) is 9.55 Å². The van der Waals surface area contributed by atoms with Crippen molar-refractivity contribution in [3.63, 3.8) is 0 Å². The zero-order chi connectivity index (χ0) is 9.42. The van der Waals surface area contributed by atoms with Gasteiger partial charge in [0.05, 0.1) is 5.39 Å². The maximum atomic E-state index is 13.1. The highest BCUT2D eigenvalue weighted by Crippen LogP contribution is 2.11. The molecule has 0 saturated heterocycles. The van der Waals surface area contributed by atoms with Gasteiger partial charge < -0.3 is 0 Å². The van der Waals surface area contributed by atoms with Crippen molar-refractivity contribution in [3.05, 3.63) is 40.6 Å². The molecule has 0 spiro atoms. The van der Waals surface area contributed by atoms with Crippen LogP contribution in [0.1, 0.15) is 0 Å². The Morgan fingerprint density at radius 1 is 1.38 bits per heavy atom. The van der Waals surface area contributed by atoms with Crippen LogP contribution in [0.3, 0.4) is 0 Å². The summed E-state index contributed by atoms with van der Waals surface area (Å²) < 4.78 is 14.5. The van der Waals surface area contributed by atoms with Crippen molar-refractivity contribution in [3.8, 4) is 0 Å². The minimum absolute atomic E-state index is 0.189. The molecule has 2 rings (SSSR count). The molecule has 0 aromatic carbocycles. The highest BCUT2D eigenvalue weighted by atomic mass is 19.1. The first-order chi connectivity index (χ1) is 6.20. The molecule has 4 heteroatoms. The number of hydrogen-bond acceptors (Lipinski definition) is 2. The Morgan fingerprint density at radius 2 is 2.15 bits per heavy atom. The highest BCUT2D eigenvalue weighted by Gasteiger charge is 2.03. The number of rotatable bonds is 0. The second-order valence-corrected chi connectivity index (χ2v) is 2.76. The summed E-state index contributed by atoms with van der Waals surface area (Å²) in [4.78, 5) is 15.1. The summed E-state index contributed by atoms with van der Waals surface area (Å²) in [5.41, 5.74) is 0.179. The number of nitrogens with zero attached hydrogens (tertiary/aromatic N) is 2. The van der Waals surface area contributed by atoms with Crippen LogP contribution in [0.25, 0.3) is 11.0 Å². The first-order valence-electron chi connectivity index (χ1n) is 3.80. The SMILES string of the molecule is Cn1c(=O)ccc2c(F)ccnc21. The molecule has 3 nitrogen and oxygen atoms in total. The third-order valence-corrected chi connectivity index (χ3v) is 1.96. The lowest BCUT2D eigenvalue weighted by molar-refractivity contribution is 0.637. The molecule has 2 aromatic rings. The highest BCUT2D eigenvalue weighted by molar-refractivity contribution is 5.75. The minimum atomic E-state index is -0.361. The van der Waals surface area contributed by atoms with Crippen molar-refractivity contribution in [2.45, 2.75) is 0 Å². The summed E-state index contributed by atoms with van der Waals surface area (Å²) in [5, 5.41) is 0.365. The predicted octanol–water partition coefficient (Wildman–Crippen LogP) is 1.07. The Labute approximate surface area is 73.5 Å². The van der Waals surface area contributed by atoms with Gasteiger partial charge in [-0.15, -0.1) is 0 Å². The van der Waals surface area contributed by atoms with Crippen LogP contribution in [0.2, 0.25) is 0 Å². The third-order valence-electron chi connectivity index (χ3n) is 1.96. The van der Waals surface area contributed by atoms with Crippen LogP contribution in [0.15, 0.2) is 29.2 Å². The van der Waals surface area contributed by atoms with Gasteiger partial charge in [0, 0.05) is 19.3 Å². The van der Waals surface area contributed by atoms with Crippen molar-refractivity contribution in [1.82, 2.24) is 9.55 Å². The molecule has 2 heterocycles. The molecule has 0 saturated carbocycles. The van der Waals surface area contributed by atoms with Crippen LogP contribution >= 0.6 is 0 Å². The monoisotopic (exact) mass is 178 g/mol. The van der Waals surface area contributed by atoms with E-state index in [2.05, 4.69) is 4.98 Å². The molecule has 0 unspecified atom stereocenters. The van der Waals surface area contributed by atoms with Gasteiger partial charge in [-0.25, -0.2) is 9.37 Å². The summed E-state index contributed by atoms with van der Waals surface area (Å²) in [6.45, 7) is 0. The molecule has 0 radical (unpaired) electrons. The van der Waals surface area contributed by atoms with E-state index in [4.69, 9.17) is 0 Å². The topological polar surface area (TPSA) is 34.9 Å². The Morgan fingerprint density at radius 3 is 2.92 bits per heavy atom. The Bertz CT molecular complexity index is 518. The number of aryl methyl sites for hydroxylation is 1. The van der Waals surface area contributed by atoms with Gasteiger partial charge in [-0.2, -0.15) is 0 Å². The van der Waals surface area contributed by atoms with Gasteiger partial charge in [0.25, 0.3) is 5.56 Å². The number of fused-ring (bicyclic) bond motifs is 1. The van der Waals surface area contributed by atoms with Crippen molar-refractivity contribution in [2.75, 3.05) is 0 Å². The second-order valence-electron chi connectivity index (χ2n) is 2.76. The molecule has 13 heavy (non-hydrogen) atoms. The number of halogens is 1. The van der Waals surface area contributed by atoms with Gasteiger partial charge in [0.2, 0.25) is 0 Å². The normalized spacial score (nSPS) is 10.6. The van der Waals surface area contributed by atoms with E-state index >= 15 is 0 Å². The predicted molar refractivity (Wildman–Crippen MR) is 46.9 cm³/mol. The average Bonchev–Trinajstić information content (AvgIpc) is 2.12. The first-order valence-corrected chi connectivity index (χ1v) is 3.80. The van der Waals surface area contributed by atoms with Gasteiger partial charge in [-0.05, 0) is 12.1 Å². The van der Waals surface area contributed by atoms with E-state index in [-0.39, 0.29) is 11.4 Å². The number of pyridine rings is 2. The summed E-state index contributed by atoms with van der Waals surface area (Å²) in [5.74, 6) is -0.361. The van der Waals surface area contributed by atoms with Gasteiger partial charge in [-0.3, -0.25) is 9.36 Å². The van der Waals surface area contributed by atoms with Crippen molar-refractivity contribution < 1.29 is 4.39 Å². The molecule has 0 aliphatic carbocycles. The van der Waals surface area contributed by atoms with Crippen LogP contribution in [0.5, 0.6) is 0 Å². The fourth-order valence-corrected chi connectivity index (χ4v) is 1.23. The zero-order valence-corrected chi connectivity index (χ0v) is 6.99. The van der Waals surface area contributed by atoms with E-state index in [0.717, 1.165) is 0 Å². The fourth-order valence-electron chi connectivity index (χ4n) is 1.23. The fraction of sp³-hybridized carbons (Fsp3) is 0.111. The van der Waals surface area contributed by atoms with E-state index in [1.807, 2.05) is 0 Å². The van der Waals surface area contributed by atoms with E-state index in [1.54, 1.807) is 7.05 Å². The summed E-state index contributed by atoms with van der Waals surface area (Å²) in [6.07, 6.45) is 1.34. The molecule has 2 aromatic heterocycles. The van der Waals surface area contributed by atoms with E-state index in [1.165, 1.54) is 29.0 Å². The molecule has 0 aliphatic rings. The molecule has 0 atom stereocenters. The molecule has 0 fully saturated rings. The molecule has 0 N–H and O–H groups in total. The lowest BCUT2D eigenvalue weighted by Gasteiger charge is -2.02. The molecule has 0 amide bonds. The Balaban J connectivity index is 3.03. The lowest BCUT2D eigenvalue weighted by atomic mass is 10.3. The molecular formula is C9H7FN2O. The van der Waals surface area contributed by atoms with Gasteiger partial charge in [0.1, 0.15) is 11.5 Å². The Kier molecular flexibility index (Phi) is 1.62. The van der Waals surface area contributed by atoms with Crippen LogP contribution in [0.4, 0.5) is 4.39 Å². The average molecular weight is 178 g/mol. The first kappa shape index (κ1) is 7.91. The number of aromatic nitrogens is 2. The molecule has 0 bridgehead atoms. The smallest absolute Gasteiger partial charge is 0.251 e. The molecule has 66 valence electrons. The minimum Gasteiger partial charge on any atom is -0.296 e. The lowest BCUT2D eigenvalue weighted by Crippen LogP contribution is -2.16. The number of hydrogen-bond donors (Lipinski definition) is 0. The zero-order valence-electron chi connectivity index (χ0n) is 6.99. The van der Waals surface area contributed by atoms with Crippen molar-refractivity contribution in [1.29, 1.82) is 0 Å².